The molecule has 7 heteroatoms. The van der Waals surface area contributed by atoms with Crippen LogP contribution in [0.15, 0.2) is 25.3 Å². The Kier molecular flexibility index (Phi) is 8.49. The first-order chi connectivity index (χ1) is 9.42. The lowest BCUT2D eigenvalue weighted by molar-refractivity contribution is -0.125. The second kappa shape index (κ2) is 9.60. The number of rotatable bonds is 8. The third-order valence-electron chi connectivity index (χ3n) is 2.57. The van der Waals surface area contributed by atoms with E-state index in [2.05, 4.69) is 23.8 Å². The molecule has 0 unspecified atom stereocenters. The van der Waals surface area contributed by atoms with E-state index in [0.29, 0.717) is 26.2 Å². The lowest BCUT2D eigenvalue weighted by Crippen LogP contribution is -2.43. The summed E-state index contributed by atoms with van der Waals surface area (Å²) in [5.41, 5.74) is 0. The quantitative estimate of drug-likeness (QED) is 0.593. The number of nitrogens with zero attached hydrogens (tertiary/aromatic N) is 2. The Morgan fingerprint density at radius 3 is 1.55 bits per heavy atom. The van der Waals surface area contributed by atoms with E-state index < -0.39 is 0 Å². The first kappa shape index (κ1) is 17.7. The van der Waals surface area contributed by atoms with E-state index in [9.17, 15) is 14.4 Å². The molecule has 0 aromatic rings. The number of likely N-dealkylation sites (N-methyl/N-ethyl adjacent to an activating group) is 2. The molecule has 0 radical (unpaired) electrons. The molecule has 112 valence electrons. The average molecular weight is 282 g/mol. The second-order valence-corrected chi connectivity index (χ2v) is 4.11. The topological polar surface area (TPSA) is 81.8 Å². The van der Waals surface area contributed by atoms with Crippen LogP contribution in [-0.4, -0.2) is 67.9 Å². The average Bonchev–Trinajstić information content (AvgIpc) is 2.44. The monoisotopic (exact) mass is 282 g/mol. The van der Waals surface area contributed by atoms with Gasteiger partial charge in [0.1, 0.15) is 0 Å². The van der Waals surface area contributed by atoms with Crippen molar-refractivity contribution in [3.8, 4) is 0 Å². The third kappa shape index (κ3) is 7.20. The molecule has 0 aromatic carbocycles. The highest BCUT2D eigenvalue weighted by atomic mass is 16.2. The zero-order valence-corrected chi connectivity index (χ0v) is 12.0. The highest BCUT2D eigenvalue weighted by Crippen LogP contribution is 1.85. The van der Waals surface area contributed by atoms with Crippen molar-refractivity contribution in [2.24, 2.45) is 0 Å². The lowest BCUT2D eigenvalue weighted by Gasteiger charge is -2.17. The number of hydrogen-bond acceptors (Lipinski definition) is 3. The van der Waals surface area contributed by atoms with Crippen LogP contribution in [0.2, 0.25) is 0 Å². The van der Waals surface area contributed by atoms with Crippen LogP contribution in [0.25, 0.3) is 0 Å². The fourth-order valence-corrected chi connectivity index (χ4v) is 1.27. The summed E-state index contributed by atoms with van der Waals surface area (Å²) in [7, 11) is 3.25. The highest BCUT2D eigenvalue weighted by molar-refractivity contribution is 5.87. The first-order valence-corrected chi connectivity index (χ1v) is 6.19. The Balaban J connectivity index is 3.74. The predicted molar refractivity (Wildman–Crippen MR) is 77.1 cm³/mol. The molecule has 2 N–H and O–H groups in total. The maximum Gasteiger partial charge on any atom is 0.314 e. The van der Waals surface area contributed by atoms with Gasteiger partial charge in [-0.1, -0.05) is 13.2 Å². The van der Waals surface area contributed by atoms with Crippen LogP contribution in [0.5, 0.6) is 0 Å². The molecular formula is C13H22N4O3. The molecule has 0 aliphatic heterocycles. The fraction of sp³-hybridized carbons (Fsp3) is 0.462. The van der Waals surface area contributed by atoms with Crippen molar-refractivity contribution in [1.82, 2.24) is 20.4 Å². The van der Waals surface area contributed by atoms with Crippen LogP contribution < -0.4 is 10.6 Å². The molecule has 4 amide bonds. The van der Waals surface area contributed by atoms with Gasteiger partial charge < -0.3 is 20.4 Å². The molecule has 20 heavy (non-hydrogen) atoms. The molecule has 7 nitrogen and oxygen atoms in total. The van der Waals surface area contributed by atoms with E-state index in [1.807, 2.05) is 0 Å². The lowest BCUT2D eigenvalue weighted by atomic mass is 10.4. The van der Waals surface area contributed by atoms with Crippen LogP contribution in [0.3, 0.4) is 0 Å². The zero-order valence-electron chi connectivity index (χ0n) is 12.0. The van der Waals surface area contributed by atoms with Gasteiger partial charge in [-0.15, -0.1) is 0 Å². The minimum atomic E-state index is -0.344. The van der Waals surface area contributed by atoms with Crippen LogP contribution in [-0.2, 0) is 9.59 Å². The summed E-state index contributed by atoms with van der Waals surface area (Å²) in [4.78, 5) is 36.6. The van der Waals surface area contributed by atoms with Crippen molar-refractivity contribution in [3.63, 3.8) is 0 Å². The zero-order chi connectivity index (χ0) is 15.5. The van der Waals surface area contributed by atoms with Gasteiger partial charge >= 0.3 is 6.03 Å². The SMILES string of the molecule is C=CC(=O)N(C)CCNC(=O)NCCN(C)C(=O)C=C. The Labute approximate surface area is 119 Å². The molecule has 0 atom stereocenters. The molecule has 0 heterocycles. The Morgan fingerprint density at radius 1 is 0.900 bits per heavy atom. The molecule has 0 saturated heterocycles. The van der Waals surface area contributed by atoms with Gasteiger partial charge in [-0.05, 0) is 12.2 Å². The standard InChI is InChI=1S/C13H22N4O3/c1-5-11(18)16(3)9-7-14-13(20)15-8-10-17(4)12(19)6-2/h5-6H,1-2,7-10H2,3-4H3,(H2,14,15,20). The number of hydrogen-bond donors (Lipinski definition) is 2. The van der Waals surface area contributed by atoms with E-state index in [1.54, 1.807) is 14.1 Å². The number of amides is 4. The van der Waals surface area contributed by atoms with Crippen molar-refractivity contribution >= 4 is 17.8 Å². The molecule has 0 aliphatic rings. The molecule has 0 aromatic heterocycles. The minimum Gasteiger partial charge on any atom is -0.340 e. The smallest absolute Gasteiger partial charge is 0.314 e. The maximum atomic E-state index is 11.4. The van der Waals surface area contributed by atoms with E-state index in [1.165, 1.54) is 22.0 Å². The summed E-state index contributed by atoms with van der Waals surface area (Å²) in [6.45, 7) is 8.21. The van der Waals surface area contributed by atoms with Gasteiger partial charge in [-0.3, -0.25) is 9.59 Å². The third-order valence-corrected chi connectivity index (χ3v) is 2.57. The fourth-order valence-electron chi connectivity index (χ4n) is 1.27. The number of carbonyl (C=O) groups is 3. The maximum absolute atomic E-state index is 11.4. The largest absolute Gasteiger partial charge is 0.340 e. The predicted octanol–water partition coefficient (Wildman–Crippen LogP) is -0.426. The molecular weight excluding hydrogens is 260 g/mol. The van der Waals surface area contributed by atoms with Gasteiger partial charge in [0.15, 0.2) is 0 Å². The Hall–Kier alpha value is -2.31. The second-order valence-electron chi connectivity index (χ2n) is 4.11. The van der Waals surface area contributed by atoms with E-state index in [4.69, 9.17) is 0 Å². The minimum absolute atomic E-state index is 0.197. The summed E-state index contributed by atoms with van der Waals surface area (Å²) in [6.07, 6.45) is 2.43. The number of nitrogens with one attached hydrogen (secondary N) is 2. The first-order valence-electron chi connectivity index (χ1n) is 6.19. The molecule has 0 aliphatic carbocycles. The summed E-state index contributed by atoms with van der Waals surface area (Å²) >= 11 is 0. The molecule has 0 saturated carbocycles. The number of carbonyl (C=O) groups excluding carboxylic acids is 3. The molecule has 0 fully saturated rings. The van der Waals surface area contributed by atoms with Gasteiger partial charge in [-0.2, -0.15) is 0 Å². The van der Waals surface area contributed by atoms with Crippen molar-refractivity contribution in [1.29, 1.82) is 0 Å². The number of urea groups is 1. The van der Waals surface area contributed by atoms with Crippen LogP contribution in [0.4, 0.5) is 4.79 Å². The molecule has 0 rings (SSSR count). The summed E-state index contributed by atoms with van der Waals surface area (Å²) in [5.74, 6) is -0.395. The summed E-state index contributed by atoms with van der Waals surface area (Å²) in [5, 5.41) is 5.22. The van der Waals surface area contributed by atoms with Crippen molar-refractivity contribution < 1.29 is 14.4 Å². The van der Waals surface area contributed by atoms with Gasteiger partial charge in [0.25, 0.3) is 0 Å². The molecule has 0 spiro atoms. The Morgan fingerprint density at radius 2 is 1.25 bits per heavy atom. The normalized spacial score (nSPS) is 9.30. The van der Waals surface area contributed by atoms with Crippen molar-refractivity contribution in [2.75, 3.05) is 40.3 Å². The summed E-state index contributed by atoms with van der Waals surface area (Å²) < 4.78 is 0. The van der Waals surface area contributed by atoms with E-state index in [-0.39, 0.29) is 17.8 Å². The highest BCUT2D eigenvalue weighted by Gasteiger charge is 2.06. The van der Waals surface area contributed by atoms with E-state index in [0.717, 1.165) is 0 Å². The summed E-state index contributed by atoms with van der Waals surface area (Å²) in [6, 6.07) is -0.344. The molecule has 0 bridgehead atoms. The van der Waals surface area contributed by atoms with Crippen LogP contribution >= 0.6 is 0 Å². The van der Waals surface area contributed by atoms with Gasteiger partial charge in [0.2, 0.25) is 11.8 Å². The van der Waals surface area contributed by atoms with Crippen LogP contribution in [0.1, 0.15) is 0 Å². The van der Waals surface area contributed by atoms with Gasteiger partial charge in [-0.25, -0.2) is 4.79 Å². The Bertz CT molecular complexity index is 348. The van der Waals surface area contributed by atoms with Gasteiger partial charge in [0, 0.05) is 40.3 Å². The van der Waals surface area contributed by atoms with Crippen molar-refractivity contribution in [2.45, 2.75) is 0 Å². The van der Waals surface area contributed by atoms with Crippen molar-refractivity contribution in [3.05, 3.63) is 25.3 Å². The van der Waals surface area contributed by atoms with E-state index >= 15 is 0 Å². The van der Waals surface area contributed by atoms with Gasteiger partial charge in [0.05, 0.1) is 0 Å². The van der Waals surface area contributed by atoms with Crippen LogP contribution in [0, 0.1) is 0 Å².